The first-order valence-corrected chi connectivity index (χ1v) is 10.5. The maximum atomic E-state index is 4.54. The molecule has 128 valence electrons. The van der Waals surface area contributed by atoms with Gasteiger partial charge in [-0.15, -0.1) is 0 Å². The van der Waals surface area contributed by atoms with Gasteiger partial charge in [0.05, 0.1) is 5.41 Å². The molecular weight excluding hydrogens is 462 g/mol. The van der Waals surface area contributed by atoms with Crippen molar-refractivity contribution in [3.05, 3.63) is 110 Å². The fourth-order valence-corrected chi connectivity index (χ4v) is 5.67. The van der Waals surface area contributed by atoms with E-state index in [1.54, 1.807) is 0 Å². The summed E-state index contributed by atoms with van der Waals surface area (Å²) in [4.78, 5) is 4.54. The molecule has 1 nitrogen and oxygen atoms in total. The highest BCUT2D eigenvalue weighted by Crippen LogP contribution is 2.62. The molecule has 3 aromatic carbocycles. The Balaban J connectivity index is 1.88. The highest BCUT2D eigenvalue weighted by atomic mass is 79.9. The molecule has 0 saturated carbocycles. The Morgan fingerprint density at radius 1 is 0.593 bits per heavy atom. The lowest BCUT2D eigenvalue weighted by atomic mass is 9.71. The van der Waals surface area contributed by atoms with Crippen molar-refractivity contribution in [2.45, 2.75) is 5.41 Å². The molecule has 0 fully saturated rings. The van der Waals surface area contributed by atoms with Gasteiger partial charge in [0.1, 0.15) is 4.60 Å². The number of hydrogen-bond acceptors (Lipinski definition) is 1. The van der Waals surface area contributed by atoms with E-state index >= 15 is 0 Å². The van der Waals surface area contributed by atoms with Crippen LogP contribution < -0.4 is 0 Å². The average molecular weight is 475 g/mol. The van der Waals surface area contributed by atoms with Gasteiger partial charge in [0.2, 0.25) is 0 Å². The van der Waals surface area contributed by atoms with Crippen LogP contribution in [0.25, 0.3) is 22.3 Å². The van der Waals surface area contributed by atoms with Crippen LogP contribution in [0.2, 0.25) is 0 Å². The quantitative estimate of drug-likeness (QED) is 0.217. The molecule has 0 saturated heterocycles. The lowest BCUT2D eigenvalue weighted by molar-refractivity contribution is 0.790. The summed E-state index contributed by atoms with van der Waals surface area (Å²) in [7, 11) is 0. The molecule has 0 aliphatic heterocycles. The number of pyridine rings is 1. The second-order valence-corrected chi connectivity index (χ2v) is 8.81. The summed E-state index contributed by atoms with van der Waals surface area (Å²) in [6.07, 6.45) is 2.00. The third-order valence-corrected chi connectivity index (χ3v) is 6.83. The molecule has 2 aliphatic rings. The van der Waals surface area contributed by atoms with Gasteiger partial charge in [0, 0.05) is 16.2 Å². The molecule has 0 amide bonds. The van der Waals surface area contributed by atoms with Gasteiger partial charge in [-0.05, 0) is 73.1 Å². The van der Waals surface area contributed by atoms with E-state index < -0.39 is 0 Å². The monoisotopic (exact) mass is 473 g/mol. The second-order valence-electron chi connectivity index (χ2n) is 7.08. The lowest BCUT2D eigenvalue weighted by Gasteiger charge is -2.30. The number of halogens is 2. The van der Waals surface area contributed by atoms with Crippen molar-refractivity contribution in [3.63, 3.8) is 0 Å². The lowest BCUT2D eigenvalue weighted by Crippen LogP contribution is -2.25. The fourth-order valence-electron chi connectivity index (χ4n) is 4.98. The third kappa shape index (κ3) is 1.86. The molecule has 0 N–H and O–H groups in total. The highest BCUT2D eigenvalue weighted by Gasteiger charge is 2.51. The number of hydrogen-bond donors (Lipinski definition) is 0. The van der Waals surface area contributed by atoms with E-state index in [1.165, 1.54) is 44.5 Å². The summed E-state index contributed by atoms with van der Waals surface area (Å²) in [5, 5.41) is 0. The molecule has 1 aromatic heterocycles. The van der Waals surface area contributed by atoms with Crippen LogP contribution in [0.3, 0.4) is 0 Å². The van der Waals surface area contributed by atoms with Crippen molar-refractivity contribution in [1.29, 1.82) is 0 Å². The van der Waals surface area contributed by atoms with Crippen molar-refractivity contribution < 1.29 is 0 Å². The Morgan fingerprint density at radius 2 is 1.19 bits per heavy atom. The number of nitrogens with zero attached hydrogens (tertiary/aromatic N) is 1. The molecule has 0 radical (unpaired) electrons. The summed E-state index contributed by atoms with van der Waals surface area (Å²) < 4.78 is 1.97. The van der Waals surface area contributed by atoms with E-state index in [1.807, 2.05) is 6.20 Å². The number of aromatic nitrogens is 1. The molecule has 2 aliphatic carbocycles. The van der Waals surface area contributed by atoms with E-state index in [0.29, 0.717) is 0 Å². The molecule has 1 heterocycles. The van der Waals surface area contributed by atoms with Crippen LogP contribution in [0.15, 0.2) is 88.1 Å². The summed E-state index contributed by atoms with van der Waals surface area (Å²) in [6, 6.07) is 26.4. The fraction of sp³-hybridized carbons (Fsp3) is 0.0417. The molecule has 3 heteroatoms. The zero-order valence-corrected chi connectivity index (χ0v) is 17.4. The van der Waals surface area contributed by atoms with Crippen molar-refractivity contribution in [2.24, 2.45) is 0 Å². The van der Waals surface area contributed by atoms with Gasteiger partial charge in [0.25, 0.3) is 0 Å². The predicted octanol–water partition coefficient (Wildman–Crippen LogP) is 6.95. The van der Waals surface area contributed by atoms with E-state index in [-0.39, 0.29) is 5.41 Å². The Hall–Kier alpha value is -2.23. The van der Waals surface area contributed by atoms with Crippen LogP contribution >= 0.6 is 31.9 Å². The molecule has 6 rings (SSSR count). The Morgan fingerprint density at radius 3 is 1.89 bits per heavy atom. The second kappa shape index (κ2) is 5.40. The third-order valence-electron chi connectivity index (χ3n) is 5.90. The first-order valence-electron chi connectivity index (χ1n) is 8.87. The van der Waals surface area contributed by atoms with Crippen molar-refractivity contribution in [3.8, 4) is 22.3 Å². The molecule has 0 atom stereocenters. The van der Waals surface area contributed by atoms with Crippen molar-refractivity contribution >= 4 is 31.9 Å². The minimum Gasteiger partial charge on any atom is -0.249 e. The van der Waals surface area contributed by atoms with Gasteiger partial charge in [-0.3, -0.25) is 0 Å². The van der Waals surface area contributed by atoms with E-state index in [9.17, 15) is 0 Å². The Labute approximate surface area is 174 Å². The van der Waals surface area contributed by atoms with Crippen molar-refractivity contribution in [1.82, 2.24) is 4.98 Å². The zero-order chi connectivity index (χ0) is 18.2. The topological polar surface area (TPSA) is 12.9 Å². The van der Waals surface area contributed by atoms with Crippen LogP contribution in [-0.2, 0) is 5.41 Å². The maximum Gasteiger partial charge on any atom is 0.106 e. The summed E-state index contributed by atoms with van der Waals surface area (Å²) >= 11 is 7.32. The minimum atomic E-state index is -0.299. The van der Waals surface area contributed by atoms with Gasteiger partial charge >= 0.3 is 0 Å². The predicted molar refractivity (Wildman–Crippen MR) is 116 cm³/mol. The normalized spacial score (nSPS) is 14.6. The molecular formula is C24H13Br2N. The van der Waals surface area contributed by atoms with Crippen LogP contribution in [-0.4, -0.2) is 4.98 Å². The smallest absolute Gasteiger partial charge is 0.106 e. The largest absolute Gasteiger partial charge is 0.249 e. The van der Waals surface area contributed by atoms with Crippen LogP contribution in [0, 0.1) is 0 Å². The van der Waals surface area contributed by atoms with E-state index in [4.69, 9.17) is 0 Å². The number of rotatable bonds is 0. The Kier molecular flexibility index (Phi) is 3.16. The zero-order valence-electron chi connectivity index (χ0n) is 14.2. The SMILES string of the molecule is Brc1ccc2c(c1)C1(c3ccccc3-c3ccccc31)c1cc(Br)ncc1-2. The highest BCUT2D eigenvalue weighted by molar-refractivity contribution is 9.10. The van der Waals surface area contributed by atoms with Gasteiger partial charge < -0.3 is 0 Å². The van der Waals surface area contributed by atoms with Crippen LogP contribution in [0.1, 0.15) is 22.3 Å². The number of fused-ring (bicyclic) bond motifs is 10. The number of benzene rings is 3. The van der Waals surface area contributed by atoms with E-state index in [2.05, 4.69) is 110 Å². The average Bonchev–Trinajstić information content (AvgIpc) is 3.14. The van der Waals surface area contributed by atoms with Crippen LogP contribution in [0.4, 0.5) is 0 Å². The van der Waals surface area contributed by atoms with Crippen LogP contribution in [0.5, 0.6) is 0 Å². The molecule has 4 aromatic rings. The van der Waals surface area contributed by atoms with E-state index in [0.717, 1.165) is 9.08 Å². The minimum absolute atomic E-state index is 0.299. The van der Waals surface area contributed by atoms with Gasteiger partial charge in [-0.2, -0.15) is 0 Å². The first-order chi connectivity index (χ1) is 13.2. The standard InChI is InChI=1S/C24H13Br2N/c25-14-9-10-17-18-13-27-23(26)12-22(18)24(21(17)11-14)19-7-3-1-5-15(19)16-6-2-4-8-20(16)24/h1-13H. The Bertz CT molecular complexity index is 1160. The molecule has 1 spiro atoms. The maximum absolute atomic E-state index is 4.54. The van der Waals surface area contributed by atoms with Gasteiger partial charge in [-0.1, -0.05) is 70.5 Å². The van der Waals surface area contributed by atoms with Gasteiger partial charge in [-0.25, -0.2) is 4.98 Å². The van der Waals surface area contributed by atoms with Gasteiger partial charge in [0.15, 0.2) is 0 Å². The molecule has 0 unspecified atom stereocenters. The molecule has 27 heavy (non-hydrogen) atoms. The summed E-state index contributed by atoms with van der Waals surface area (Å²) in [5.41, 5.74) is 10.1. The molecule has 0 bridgehead atoms. The van der Waals surface area contributed by atoms with Crippen molar-refractivity contribution in [2.75, 3.05) is 0 Å². The first kappa shape index (κ1) is 15.8. The summed E-state index contributed by atoms with van der Waals surface area (Å²) in [6.45, 7) is 0. The summed E-state index contributed by atoms with van der Waals surface area (Å²) in [5.74, 6) is 0.